The third-order valence-corrected chi connectivity index (χ3v) is 2.96. The molecule has 1 atom stereocenters. The second-order valence-corrected chi connectivity index (χ2v) is 4.57. The Morgan fingerprint density at radius 3 is 2.50 bits per heavy atom. The van der Waals surface area contributed by atoms with Gasteiger partial charge in [0.25, 0.3) is 0 Å². The smallest absolute Gasteiger partial charge is 0.193 e. The Morgan fingerprint density at radius 2 is 1.94 bits per heavy atom. The molecule has 0 radical (unpaired) electrons. The molecule has 0 saturated carbocycles. The van der Waals surface area contributed by atoms with Gasteiger partial charge in [-0.25, -0.2) is 0 Å². The Bertz CT molecular complexity index is 493. The number of furan rings is 1. The molecule has 3 nitrogen and oxygen atoms in total. The molecule has 0 saturated heterocycles. The predicted octanol–water partition coefficient (Wildman–Crippen LogP) is 3.36. The largest absolute Gasteiger partial charge is 0.493 e. The summed E-state index contributed by atoms with van der Waals surface area (Å²) in [6.45, 7) is 2.97. The molecule has 2 N–H and O–H groups in total. The lowest BCUT2D eigenvalue weighted by atomic mass is 10.1. The Morgan fingerprint density at radius 1 is 1.22 bits per heavy atom. The maximum absolute atomic E-state index is 5.75. The van der Waals surface area contributed by atoms with Crippen LogP contribution in [0.3, 0.4) is 0 Å². The first kappa shape index (κ1) is 13.0. The first-order chi connectivity index (χ1) is 8.69. The van der Waals surface area contributed by atoms with Crippen molar-refractivity contribution >= 4 is 11.6 Å². The molecular weight excluding hydrogens is 250 g/mol. The zero-order chi connectivity index (χ0) is 13.0. The molecule has 1 aromatic carbocycles. The zero-order valence-electron chi connectivity index (χ0n) is 10.2. The van der Waals surface area contributed by atoms with Crippen LogP contribution in [0.4, 0.5) is 0 Å². The molecular formula is C14H16ClNO2. The van der Waals surface area contributed by atoms with Gasteiger partial charge in [-0.1, -0.05) is 17.7 Å². The highest BCUT2D eigenvalue weighted by Gasteiger charge is 2.14. The third-order valence-electron chi connectivity index (χ3n) is 2.75. The molecule has 0 amide bonds. The SMILES string of the molecule is Cc1ccc(OCC(CN)c2ccc(Cl)o2)cc1. The number of halogens is 1. The van der Waals surface area contributed by atoms with Gasteiger partial charge in [-0.05, 0) is 42.8 Å². The van der Waals surface area contributed by atoms with Gasteiger partial charge in [0.1, 0.15) is 11.5 Å². The summed E-state index contributed by atoms with van der Waals surface area (Å²) in [5.74, 6) is 1.60. The van der Waals surface area contributed by atoms with E-state index in [0.29, 0.717) is 18.4 Å². The van der Waals surface area contributed by atoms with Crippen LogP contribution in [0.25, 0.3) is 0 Å². The van der Waals surface area contributed by atoms with E-state index in [1.807, 2.05) is 37.3 Å². The van der Waals surface area contributed by atoms with Crippen LogP contribution < -0.4 is 10.5 Å². The highest BCUT2D eigenvalue weighted by Crippen LogP contribution is 2.22. The van der Waals surface area contributed by atoms with Gasteiger partial charge < -0.3 is 14.9 Å². The average molecular weight is 266 g/mol. The van der Waals surface area contributed by atoms with E-state index in [2.05, 4.69) is 0 Å². The lowest BCUT2D eigenvalue weighted by molar-refractivity contribution is 0.273. The number of aryl methyl sites for hydroxylation is 1. The monoisotopic (exact) mass is 265 g/mol. The second-order valence-electron chi connectivity index (χ2n) is 4.20. The fourth-order valence-corrected chi connectivity index (χ4v) is 1.80. The summed E-state index contributed by atoms with van der Waals surface area (Å²) in [4.78, 5) is 0. The molecule has 0 fully saturated rings. The number of rotatable bonds is 5. The highest BCUT2D eigenvalue weighted by atomic mass is 35.5. The van der Waals surface area contributed by atoms with Gasteiger partial charge in [-0.2, -0.15) is 0 Å². The summed E-state index contributed by atoms with van der Waals surface area (Å²) < 4.78 is 11.0. The maximum Gasteiger partial charge on any atom is 0.193 e. The molecule has 2 aromatic rings. The van der Waals surface area contributed by atoms with E-state index in [4.69, 9.17) is 26.5 Å². The van der Waals surface area contributed by atoms with Crippen molar-refractivity contribution in [3.8, 4) is 5.75 Å². The molecule has 1 unspecified atom stereocenters. The van der Waals surface area contributed by atoms with Gasteiger partial charge in [-0.15, -0.1) is 0 Å². The summed E-state index contributed by atoms with van der Waals surface area (Å²) in [6.07, 6.45) is 0. The summed E-state index contributed by atoms with van der Waals surface area (Å²) in [5.41, 5.74) is 6.92. The van der Waals surface area contributed by atoms with Crippen molar-refractivity contribution in [1.29, 1.82) is 0 Å². The number of nitrogens with two attached hydrogens (primary N) is 1. The minimum Gasteiger partial charge on any atom is -0.493 e. The molecule has 0 spiro atoms. The van der Waals surface area contributed by atoms with Crippen LogP contribution in [0.2, 0.25) is 5.22 Å². The van der Waals surface area contributed by atoms with E-state index in [0.717, 1.165) is 11.5 Å². The quantitative estimate of drug-likeness (QED) is 0.902. The fourth-order valence-electron chi connectivity index (χ4n) is 1.65. The summed E-state index contributed by atoms with van der Waals surface area (Å²) >= 11 is 5.75. The Kier molecular flexibility index (Phi) is 4.28. The second kappa shape index (κ2) is 5.94. The van der Waals surface area contributed by atoms with Crippen molar-refractivity contribution in [2.75, 3.05) is 13.2 Å². The zero-order valence-corrected chi connectivity index (χ0v) is 11.0. The van der Waals surface area contributed by atoms with Crippen molar-refractivity contribution in [1.82, 2.24) is 0 Å². The van der Waals surface area contributed by atoms with Crippen molar-refractivity contribution in [3.63, 3.8) is 0 Å². The van der Waals surface area contributed by atoms with Crippen LogP contribution in [-0.2, 0) is 0 Å². The maximum atomic E-state index is 5.75. The minimum absolute atomic E-state index is 0.0128. The first-order valence-corrected chi connectivity index (χ1v) is 6.21. The molecule has 18 heavy (non-hydrogen) atoms. The van der Waals surface area contributed by atoms with Gasteiger partial charge in [0.05, 0.1) is 12.5 Å². The molecule has 2 rings (SSSR count). The van der Waals surface area contributed by atoms with Crippen LogP contribution in [0.1, 0.15) is 17.2 Å². The molecule has 0 aliphatic rings. The number of hydrogen-bond acceptors (Lipinski definition) is 3. The van der Waals surface area contributed by atoms with E-state index in [-0.39, 0.29) is 5.92 Å². The fraction of sp³-hybridized carbons (Fsp3) is 0.286. The molecule has 96 valence electrons. The summed E-state index contributed by atoms with van der Waals surface area (Å²) in [5, 5.41) is 0.374. The lowest BCUT2D eigenvalue weighted by Gasteiger charge is -2.13. The van der Waals surface area contributed by atoms with Gasteiger partial charge >= 0.3 is 0 Å². The van der Waals surface area contributed by atoms with Crippen molar-refractivity contribution in [3.05, 3.63) is 52.9 Å². The van der Waals surface area contributed by atoms with Gasteiger partial charge in [0.15, 0.2) is 5.22 Å². The normalized spacial score (nSPS) is 12.4. The molecule has 1 aromatic heterocycles. The van der Waals surface area contributed by atoms with E-state index in [1.165, 1.54) is 5.56 Å². The lowest BCUT2D eigenvalue weighted by Crippen LogP contribution is -2.19. The molecule has 1 heterocycles. The standard InChI is InChI=1S/C14H16ClNO2/c1-10-2-4-12(5-3-10)17-9-11(8-16)13-6-7-14(15)18-13/h2-7,11H,8-9,16H2,1H3. The Balaban J connectivity index is 1.97. The summed E-state index contributed by atoms with van der Waals surface area (Å²) in [7, 11) is 0. The molecule has 0 aliphatic heterocycles. The van der Waals surface area contributed by atoms with E-state index in [1.54, 1.807) is 6.07 Å². The number of benzene rings is 1. The summed E-state index contributed by atoms with van der Waals surface area (Å²) in [6, 6.07) is 11.5. The molecule has 0 bridgehead atoms. The van der Waals surface area contributed by atoms with E-state index < -0.39 is 0 Å². The van der Waals surface area contributed by atoms with Crippen LogP contribution in [-0.4, -0.2) is 13.2 Å². The minimum atomic E-state index is 0.0128. The molecule has 0 aliphatic carbocycles. The predicted molar refractivity (Wildman–Crippen MR) is 72.2 cm³/mol. The topological polar surface area (TPSA) is 48.4 Å². The van der Waals surface area contributed by atoms with Crippen LogP contribution >= 0.6 is 11.6 Å². The number of ether oxygens (including phenoxy) is 1. The highest BCUT2D eigenvalue weighted by molar-refractivity contribution is 6.28. The Hall–Kier alpha value is -1.45. The first-order valence-electron chi connectivity index (χ1n) is 5.84. The van der Waals surface area contributed by atoms with Crippen LogP contribution in [0, 0.1) is 6.92 Å². The van der Waals surface area contributed by atoms with Crippen LogP contribution in [0.5, 0.6) is 5.75 Å². The Labute approximate surface area is 111 Å². The van der Waals surface area contributed by atoms with Crippen molar-refractivity contribution in [2.45, 2.75) is 12.8 Å². The van der Waals surface area contributed by atoms with Crippen molar-refractivity contribution < 1.29 is 9.15 Å². The van der Waals surface area contributed by atoms with Crippen molar-refractivity contribution in [2.24, 2.45) is 5.73 Å². The third kappa shape index (κ3) is 3.28. The number of hydrogen-bond donors (Lipinski definition) is 1. The van der Waals surface area contributed by atoms with Gasteiger partial charge in [0.2, 0.25) is 0 Å². The molecule has 4 heteroatoms. The van der Waals surface area contributed by atoms with E-state index >= 15 is 0 Å². The van der Waals surface area contributed by atoms with Gasteiger partial charge in [0, 0.05) is 6.54 Å². The van der Waals surface area contributed by atoms with E-state index in [9.17, 15) is 0 Å². The van der Waals surface area contributed by atoms with Crippen LogP contribution in [0.15, 0.2) is 40.8 Å². The van der Waals surface area contributed by atoms with Gasteiger partial charge in [-0.3, -0.25) is 0 Å². The average Bonchev–Trinajstić information content (AvgIpc) is 2.79.